The summed E-state index contributed by atoms with van der Waals surface area (Å²) in [5.41, 5.74) is 3.78. The van der Waals surface area contributed by atoms with Crippen molar-refractivity contribution in [3.63, 3.8) is 0 Å². The van der Waals surface area contributed by atoms with Crippen LogP contribution in [0.5, 0.6) is 5.75 Å². The zero-order valence-corrected chi connectivity index (χ0v) is 21.0. The quantitative estimate of drug-likeness (QED) is 0.292. The van der Waals surface area contributed by atoms with Gasteiger partial charge in [0, 0.05) is 19.5 Å². The van der Waals surface area contributed by atoms with E-state index in [1.165, 1.54) is 0 Å². The Balaban J connectivity index is 1.63. The molecule has 0 radical (unpaired) electrons. The van der Waals surface area contributed by atoms with Crippen molar-refractivity contribution in [2.24, 2.45) is 0 Å². The van der Waals surface area contributed by atoms with E-state index in [0.29, 0.717) is 25.9 Å². The van der Waals surface area contributed by atoms with Crippen LogP contribution in [-0.2, 0) is 29.1 Å². The maximum atomic E-state index is 13.8. The molecule has 5 nitrogen and oxygen atoms in total. The Kier molecular flexibility index (Phi) is 9.08. The molecule has 0 saturated heterocycles. The minimum Gasteiger partial charge on any atom is -0.497 e. The first kappa shape index (κ1) is 25.7. The Morgan fingerprint density at radius 3 is 1.89 bits per heavy atom. The summed E-state index contributed by atoms with van der Waals surface area (Å²) in [6.45, 7) is 0.688. The molecular weight excluding hydrogens is 460 g/mol. The molecule has 0 saturated carbocycles. The first-order valence-electron chi connectivity index (χ1n) is 12.5. The van der Waals surface area contributed by atoms with E-state index < -0.39 is 6.04 Å². The molecule has 1 unspecified atom stereocenters. The van der Waals surface area contributed by atoms with Gasteiger partial charge >= 0.3 is 0 Å². The van der Waals surface area contributed by atoms with Crippen LogP contribution in [-0.4, -0.2) is 23.8 Å². The normalized spacial score (nSPS) is 11.4. The van der Waals surface area contributed by atoms with Crippen LogP contribution >= 0.6 is 0 Å². The number of ether oxygens (including phenoxy) is 1. The van der Waals surface area contributed by atoms with Crippen molar-refractivity contribution in [2.75, 3.05) is 7.11 Å². The fourth-order valence-corrected chi connectivity index (χ4v) is 4.28. The van der Waals surface area contributed by atoms with Gasteiger partial charge in [0.2, 0.25) is 11.8 Å². The fourth-order valence-electron chi connectivity index (χ4n) is 4.28. The van der Waals surface area contributed by atoms with Crippen LogP contribution < -0.4 is 10.1 Å². The summed E-state index contributed by atoms with van der Waals surface area (Å²) in [4.78, 5) is 29.2. The van der Waals surface area contributed by atoms with Crippen molar-refractivity contribution in [1.29, 1.82) is 0 Å². The summed E-state index contributed by atoms with van der Waals surface area (Å²) < 4.78 is 5.29. The molecular formula is C32H32N2O3. The zero-order chi connectivity index (χ0) is 25.9. The van der Waals surface area contributed by atoms with Crippen molar-refractivity contribution in [2.45, 2.75) is 32.0 Å². The van der Waals surface area contributed by atoms with E-state index in [1.807, 2.05) is 115 Å². The number of benzene rings is 4. The van der Waals surface area contributed by atoms with Crippen LogP contribution in [0.4, 0.5) is 0 Å². The highest BCUT2D eigenvalue weighted by Gasteiger charge is 2.31. The van der Waals surface area contributed by atoms with Gasteiger partial charge < -0.3 is 15.0 Å². The number of amides is 2. The van der Waals surface area contributed by atoms with Gasteiger partial charge in [0.1, 0.15) is 11.8 Å². The van der Waals surface area contributed by atoms with Crippen LogP contribution in [0.15, 0.2) is 115 Å². The topological polar surface area (TPSA) is 58.6 Å². The maximum absolute atomic E-state index is 13.8. The summed E-state index contributed by atoms with van der Waals surface area (Å²) in [5, 5.41) is 3.06. The highest BCUT2D eigenvalue weighted by Crippen LogP contribution is 2.26. The monoisotopic (exact) mass is 492 g/mol. The van der Waals surface area contributed by atoms with Crippen molar-refractivity contribution in [1.82, 2.24) is 10.2 Å². The molecule has 0 fully saturated rings. The molecule has 5 heteroatoms. The summed E-state index contributed by atoms with van der Waals surface area (Å²) in [5.74, 6) is 0.450. The Hall–Kier alpha value is -4.38. The molecule has 1 N–H and O–H groups in total. The van der Waals surface area contributed by atoms with E-state index in [-0.39, 0.29) is 11.8 Å². The largest absolute Gasteiger partial charge is 0.497 e. The predicted molar refractivity (Wildman–Crippen MR) is 146 cm³/mol. The molecule has 1 atom stereocenters. The van der Waals surface area contributed by atoms with Crippen LogP contribution in [0.2, 0.25) is 0 Å². The lowest BCUT2D eigenvalue weighted by Crippen LogP contribution is -2.43. The number of carbonyl (C=O) groups is 2. The van der Waals surface area contributed by atoms with Crippen LogP contribution in [0.1, 0.15) is 34.7 Å². The average molecular weight is 493 g/mol. The maximum Gasteiger partial charge on any atom is 0.247 e. The third-order valence-electron chi connectivity index (χ3n) is 6.29. The zero-order valence-electron chi connectivity index (χ0n) is 21.0. The van der Waals surface area contributed by atoms with E-state index in [4.69, 9.17) is 4.74 Å². The molecule has 37 heavy (non-hydrogen) atoms. The number of rotatable bonds is 11. The molecule has 4 aromatic rings. The molecule has 4 aromatic carbocycles. The molecule has 0 bridgehead atoms. The smallest absolute Gasteiger partial charge is 0.247 e. The van der Waals surface area contributed by atoms with Crippen LogP contribution in [0, 0.1) is 0 Å². The standard InChI is InChI=1S/C32H32N2O3/c1-37-29-20-17-27(18-21-29)24-34(30(35)22-19-25-11-5-2-6-12-25)31(28-15-9-4-10-16-28)32(36)33-23-26-13-7-3-8-14-26/h2-18,20-21,31H,19,22-24H2,1H3,(H,33,36). The minimum absolute atomic E-state index is 0.0802. The molecule has 0 heterocycles. The molecule has 0 aliphatic carbocycles. The summed E-state index contributed by atoms with van der Waals surface area (Å²) >= 11 is 0. The Morgan fingerprint density at radius 2 is 1.30 bits per heavy atom. The number of nitrogens with zero attached hydrogens (tertiary/aromatic N) is 1. The highest BCUT2D eigenvalue weighted by molar-refractivity contribution is 5.88. The second-order valence-corrected chi connectivity index (χ2v) is 8.87. The molecule has 0 aliphatic rings. The number of hydrogen-bond donors (Lipinski definition) is 1. The van der Waals surface area contributed by atoms with Gasteiger partial charge in [-0.3, -0.25) is 9.59 Å². The number of nitrogens with one attached hydrogen (secondary N) is 1. The lowest BCUT2D eigenvalue weighted by atomic mass is 10.0. The molecule has 0 aromatic heterocycles. The van der Waals surface area contributed by atoms with Gasteiger partial charge in [-0.2, -0.15) is 0 Å². The van der Waals surface area contributed by atoms with Crippen molar-refractivity contribution in [3.05, 3.63) is 138 Å². The first-order chi connectivity index (χ1) is 18.1. The van der Waals surface area contributed by atoms with Crippen molar-refractivity contribution < 1.29 is 14.3 Å². The SMILES string of the molecule is COc1ccc(CN(C(=O)CCc2ccccc2)C(C(=O)NCc2ccccc2)c2ccccc2)cc1. The van der Waals surface area contributed by atoms with Crippen LogP contribution in [0.3, 0.4) is 0 Å². The van der Waals surface area contributed by atoms with E-state index in [1.54, 1.807) is 12.0 Å². The van der Waals surface area contributed by atoms with Crippen molar-refractivity contribution >= 4 is 11.8 Å². The second-order valence-electron chi connectivity index (χ2n) is 8.87. The van der Waals surface area contributed by atoms with Gasteiger partial charge in [-0.05, 0) is 40.8 Å². The van der Waals surface area contributed by atoms with Gasteiger partial charge in [0.15, 0.2) is 0 Å². The molecule has 4 rings (SSSR count). The third-order valence-corrected chi connectivity index (χ3v) is 6.29. The summed E-state index contributed by atoms with van der Waals surface area (Å²) in [7, 11) is 1.62. The van der Waals surface area contributed by atoms with Gasteiger partial charge in [-0.15, -0.1) is 0 Å². The molecule has 0 spiro atoms. The Bertz CT molecular complexity index is 1260. The van der Waals surface area contributed by atoms with Crippen molar-refractivity contribution in [3.8, 4) is 5.75 Å². The molecule has 188 valence electrons. The lowest BCUT2D eigenvalue weighted by molar-refractivity contribution is -0.141. The summed E-state index contributed by atoms with van der Waals surface area (Å²) in [6.07, 6.45) is 0.904. The van der Waals surface area contributed by atoms with E-state index in [2.05, 4.69) is 5.32 Å². The van der Waals surface area contributed by atoms with Gasteiger partial charge in [0.05, 0.1) is 7.11 Å². The first-order valence-corrected chi connectivity index (χ1v) is 12.5. The van der Waals surface area contributed by atoms with E-state index in [0.717, 1.165) is 28.0 Å². The summed E-state index contributed by atoms with van der Waals surface area (Å²) in [6, 6.07) is 36.0. The van der Waals surface area contributed by atoms with Gasteiger partial charge in [-0.1, -0.05) is 103 Å². The number of aryl methyl sites for hydroxylation is 1. The fraction of sp³-hybridized carbons (Fsp3) is 0.188. The Labute approximate surface area is 218 Å². The average Bonchev–Trinajstić information content (AvgIpc) is 2.96. The molecule has 2 amide bonds. The lowest BCUT2D eigenvalue weighted by Gasteiger charge is -2.32. The van der Waals surface area contributed by atoms with Gasteiger partial charge in [-0.25, -0.2) is 0 Å². The predicted octanol–water partition coefficient (Wildman–Crippen LogP) is 5.71. The number of hydrogen-bond acceptors (Lipinski definition) is 3. The van der Waals surface area contributed by atoms with Crippen LogP contribution in [0.25, 0.3) is 0 Å². The third kappa shape index (κ3) is 7.31. The van der Waals surface area contributed by atoms with Gasteiger partial charge in [0.25, 0.3) is 0 Å². The molecule has 0 aliphatic heterocycles. The van der Waals surface area contributed by atoms with E-state index >= 15 is 0 Å². The number of carbonyl (C=O) groups excluding carboxylic acids is 2. The second kappa shape index (κ2) is 13.1. The number of methoxy groups -OCH3 is 1. The minimum atomic E-state index is -0.768. The van der Waals surface area contributed by atoms with E-state index in [9.17, 15) is 9.59 Å². The highest BCUT2D eigenvalue weighted by atomic mass is 16.5. The Morgan fingerprint density at radius 1 is 0.730 bits per heavy atom.